The van der Waals surface area contributed by atoms with E-state index in [1.165, 1.54) is 29.1 Å². The van der Waals surface area contributed by atoms with E-state index in [4.69, 9.17) is 0 Å². The van der Waals surface area contributed by atoms with Crippen molar-refractivity contribution in [1.82, 2.24) is 14.8 Å². The molecule has 8 heteroatoms. The lowest BCUT2D eigenvalue weighted by Gasteiger charge is -1.99. The summed E-state index contributed by atoms with van der Waals surface area (Å²) in [5, 5.41) is 14.1. The van der Waals surface area contributed by atoms with Crippen molar-refractivity contribution in [2.75, 3.05) is 0 Å². The maximum atomic E-state index is 12.9. The zero-order valence-electron chi connectivity index (χ0n) is 8.38. The number of pyridine rings is 1. The molecule has 17 heavy (non-hydrogen) atoms. The monoisotopic (exact) mass is 300 g/mol. The van der Waals surface area contributed by atoms with E-state index in [0.29, 0.717) is 5.69 Å². The average molecular weight is 301 g/mol. The van der Waals surface area contributed by atoms with Crippen molar-refractivity contribution < 1.29 is 9.31 Å². The molecule has 2 aromatic rings. The summed E-state index contributed by atoms with van der Waals surface area (Å²) in [6, 6.07) is 4.05. The molecule has 0 spiro atoms. The molecule has 0 fully saturated rings. The van der Waals surface area contributed by atoms with Gasteiger partial charge in [0.1, 0.15) is 11.1 Å². The van der Waals surface area contributed by atoms with Gasteiger partial charge in [0.15, 0.2) is 5.82 Å². The molecule has 0 aliphatic carbocycles. The minimum atomic E-state index is -0.579. The first-order valence-corrected chi connectivity index (χ1v) is 5.34. The fraction of sp³-hybridized carbons (Fsp3) is 0.111. The lowest BCUT2D eigenvalue weighted by molar-refractivity contribution is -0.389. The van der Waals surface area contributed by atoms with Crippen molar-refractivity contribution in [3.05, 3.63) is 50.6 Å². The molecule has 2 aromatic heterocycles. The fourth-order valence-electron chi connectivity index (χ4n) is 1.25. The third-order valence-corrected chi connectivity index (χ3v) is 2.55. The highest BCUT2D eigenvalue weighted by Crippen LogP contribution is 2.13. The average Bonchev–Trinajstić information content (AvgIpc) is 2.72. The number of hydrogen-bond acceptors (Lipinski definition) is 4. The largest absolute Gasteiger partial charge is 0.389 e. The van der Waals surface area contributed by atoms with E-state index in [1.54, 1.807) is 0 Å². The minimum absolute atomic E-state index is 0.108. The van der Waals surface area contributed by atoms with E-state index in [2.05, 4.69) is 26.0 Å². The molecular weight excluding hydrogens is 295 g/mol. The van der Waals surface area contributed by atoms with Gasteiger partial charge in [-0.2, -0.15) is 4.68 Å². The summed E-state index contributed by atoms with van der Waals surface area (Å²) in [4.78, 5) is 13.8. The Labute approximate surface area is 103 Å². The molecule has 0 aliphatic heterocycles. The van der Waals surface area contributed by atoms with Crippen LogP contribution in [0.3, 0.4) is 0 Å². The van der Waals surface area contributed by atoms with Crippen LogP contribution in [-0.2, 0) is 6.54 Å². The van der Waals surface area contributed by atoms with E-state index >= 15 is 0 Å². The zero-order valence-corrected chi connectivity index (χ0v) is 9.96. The van der Waals surface area contributed by atoms with E-state index in [9.17, 15) is 14.5 Å². The van der Waals surface area contributed by atoms with Gasteiger partial charge in [-0.05, 0) is 33.0 Å². The van der Waals surface area contributed by atoms with Gasteiger partial charge in [0.05, 0.1) is 23.1 Å². The Morgan fingerprint density at radius 1 is 1.47 bits per heavy atom. The van der Waals surface area contributed by atoms with Crippen LogP contribution in [0.1, 0.15) is 5.69 Å². The predicted octanol–water partition coefficient (Wildman–Crippen LogP) is 2.14. The summed E-state index contributed by atoms with van der Waals surface area (Å²) < 4.78 is 14.4. The van der Waals surface area contributed by atoms with Gasteiger partial charge in [0, 0.05) is 0 Å². The van der Waals surface area contributed by atoms with Crippen molar-refractivity contribution in [3.8, 4) is 0 Å². The lowest BCUT2D eigenvalue weighted by atomic mass is 10.3. The van der Waals surface area contributed by atoms with E-state index in [1.807, 2.05) is 0 Å². The molecule has 0 bridgehead atoms. The number of rotatable bonds is 3. The fourth-order valence-corrected chi connectivity index (χ4v) is 1.61. The molecule has 0 radical (unpaired) electrons. The van der Waals surface area contributed by atoms with Gasteiger partial charge in [-0.1, -0.05) is 0 Å². The maximum Gasteiger partial charge on any atom is 0.389 e. The first kappa shape index (κ1) is 11.6. The molecular formula is C9H6BrFN4O2. The Kier molecular flexibility index (Phi) is 3.14. The van der Waals surface area contributed by atoms with Crippen LogP contribution in [0.4, 0.5) is 10.2 Å². The van der Waals surface area contributed by atoms with Crippen LogP contribution in [-0.4, -0.2) is 19.7 Å². The normalized spacial score (nSPS) is 10.5. The minimum Gasteiger partial charge on any atom is -0.358 e. The van der Waals surface area contributed by atoms with Crippen molar-refractivity contribution in [1.29, 1.82) is 0 Å². The zero-order chi connectivity index (χ0) is 12.4. The molecule has 0 saturated heterocycles. The van der Waals surface area contributed by atoms with Crippen LogP contribution in [0, 0.1) is 15.9 Å². The quantitative estimate of drug-likeness (QED) is 0.494. The Morgan fingerprint density at radius 2 is 2.24 bits per heavy atom. The third-order valence-electron chi connectivity index (χ3n) is 2.00. The van der Waals surface area contributed by atoms with Gasteiger partial charge in [-0.25, -0.2) is 9.37 Å². The summed E-state index contributed by atoms with van der Waals surface area (Å²) in [6.07, 6.45) is 1.47. The van der Waals surface area contributed by atoms with Gasteiger partial charge in [-0.3, -0.25) is 0 Å². The second kappa shape index (κ2) is 4.58. The Bertz CT molecular complexity index is 572. The number of hydrogen-bond donors (Lipinski definition) is 0. The highest BCUT2D eigenvalue weighted by molar-refractivity contribution is 9.10. The van der Waals surface area contributed by atoms with Crippen molar-refractivity contribution in [3.63, 3.8) is 0 Å². The highest BCUT2D eigenvalue weighted by Gasteiger charge is 2.11. The van der Waals surface area contributed by atoms with Crippen LogP contribution in [0.2, 0.25) is 0 Å². The second-order valence-corrected chi connectivity index (χ2v) is 3.95. The molecule has 6 nitrogen and oxygen atoms in total. The Morgan fingerprint density at radius 3 is 2.82 bits per heavy atom. The van der Waals surface area contributed by atoms with Crippen molar-refractivity contribution in [2.45, 2.75) is 6.54 Å². The number of aromatic nitrogens is 3. The summed E-state index contributed by atoms with van der Waals surface area (Å²) in [6.45, 7) is 0.243. The topological polar surface area (TPSA) is 73.8 Å². The van der Waals surface area contributed by atoms with Crippen LogP contribution >= 0.6 is 15.9 Å². The Hall–Kier alpha value is -1.83. The molecule has 0 amide bonds. The van der Waals surface area contributed by atoms with Crippen LogP contribution in [0.5, 0.6) is 0 Å². The molecule has 2 rings (SSSR count). The van der Waals surface area contributed by atoms with Crippen LogP contribution in [0.15, 0.2) is 29.0 Å². The molecule has 88 valence electrons. The van der Waals surface area contributed by atoms with E-state index in [0.717, 1.165) is 0 Å². The molecule has 0 saturated carbocycles. The molecule has 0 aliphatic rings. The molecule has 0 N–H and O–H groups in total. The molecule has 0 unspecified atom stereocenters. The van der Waals surface area contributed by atoms with Gasteiger partial charge in [0.2, 0.25) is 0 Å². The second-order valence-electron chi connectivity index (χ2n) is 3.20. The van der Waals surface area contributed by atoms with E-state index in [-0.39, 0.29) is 17.0 Å². The first-order chi connectivity index (χ1) is 8.06. The smallest absolute Gasteiger partial charge is 0.358 e. The van der Waals surface area contributed by atoms with Gasteiger partial charge in [-0.15, -0.1) is 0 Å². The summed E-state index contributed by atoms with van der Waals surface area (Å²) in [5.41, 5.74) is 0.552. The number of nitro groups is 1. The standard InChI is InChI=1S/C9H6BrFN4O2/c10-9-7(11)2-1-6(12-9)5-14-4-3-8(13-14)15(16)17/h1-4H,5H2. The lowest BCUT2D eigenvalue weighted by Crippen LogP contribution is -2.03. The van der Waals surface area contributed by atoms with Crippen molar-refractivity contribution >= 4 is 21.7 Å². The molecule has 2 heterocycles. The van der Waals surface area contributed by atoms with E-state index < -0.39 is 10.7 Å². The van der Waals surface area contributed by atoms with Crippen molar-refractivity contribution in [2.24, 2.45) is 0 Å². The van der Waals surface area contributed by atoms with Crippen LogP contribution in [0.25, 0.3) is 0 Å². The molecule has 0 atom stereocenters. The summed E-state index contributed by atoms with van der Waals surface area (Å²) >= 11 is 2.96. The SMILES string of the molecule is O=[N+]([O-])c1ccn(Cc2ccc(F)c(Br)n2)n1. The number of halogens is 2. The maximum absolute atomic E-state index is 12.9. The Balaban J connectivity index is 2.19. The third kappa shape index (κ3) is 2.64. The first-order valence-electron chi connectivity index (χ1n) is 4.55. The summed E-state index contributed by atoms with van der Waals surface area (Å²) in [5.74, 6) is -0.689. The van der Waals surface area contributed by atoms with Crippen LogP contribution < -0.4 is 0 Å². The highest BCUT2D eigenvalue weighted by atomic mass is 79.9. The molecule has 0 aromatic carbocycles. The van der Waals surface area contributed by atoms with Gasteiger partial charge < -0.3 is 10.1 Å². The summed E-state index contributed by atoms with van der Waals surface area (Å²) in [7, 11) is 0. The predicted molar refractivity (Wildman–Crippen MR) is 59.9 cm³/mol. The van der Waals surface area contributed by atoms with Gasteiger partial charge in [0.25, 0.3) is 0 Å². The van der Waals surface area contributed by atoms with Gasteiger partial charge >= 0.3 is 5.82 Å². The number of nitrogens with zero attached hydrogens (tertiary/aromatic N) is 4.